The maximum Gasteiger partial charge on any atom is 0.378 e. The van der Waals surface area contributed by atoms with E-state index in [1.807, 2.05) is 26.8 Å². The lowest BCUT2D eigenvalue weighted by Gasteiger charge is -2.46. The average Bonchev–Trinajstić information content (AvgIpc) is 3.19. The minimum atomic E-state index is -2.53. The third kappa shape index (κ3) is 13.3. The molecule has 2 heterocycles. The highest BCUT2D eigenvalue weighted by Crippen LogP contribution is 2.38. The van der Waals surface area contributed by atoms with E-state index in [0.717, 1.165) is 37.0 Å². The van der Waals surface area contributed by atoms with Crippen molar-refractivity contribution in [1.29, 1.82) is 0 Å². The lowest BCUT2D eigenvalue weighted by Crippen LogP contribution is -2.62. The summed E-state index contributed by atoms with van der Waals surface area (Å²) in [5, 5.41) is 45.6. The number of aliphatic carboxylic acids is 1. The number of hydrogen-bond acceptors (Lipinski definition) is 13. The van der Waals surface area contributed by atoms with Crippen LogP contribution in [0.1, 0.15) is 105 Å². The minimum absolute atomic E-state index is 0.0366. The van der Waals surface area contributed by atoms with Gasteiger partial charge in [0.25, 0.3) is 5.78 Å². The maximum absolute atomic E-state index is 13.9. The lowest BCUT2D eigenvalue weighted by atomic mass is 9.81. The molecule has 1 saturated carbocycles. The zero-order chi connectivity index (χ0) is 43.3. The fourth-order valence-electron chi connectivity index (χ4n) is 8.93. The first-order valence-electron chi connectivity index (χ1n) is 21.0. The highest BCUT2D eigenvalue weighted by Gasteiger charge is 2.55. The summed E-state index contributed by atoms with van der Waals surface area (Å²) in [7, 11) is 4.54. The molecule has 0 bridgehead atoms. The number of ether oxygens (including phenoxy) is 5. The molecule has 0 unspecified atom stereocenters. The summed E-state index contributed by atoms with van der Waals surface area (Å²) in [6, 6.07) is -0.436. The van der Waals surface area contributed by atoms with Gasteiger partial charge in [0.05, 0.1) is 30.5 Å². The molecular weight excluding hydrogens is 750 g/mol. The molecule has 2 aliphatic heterocycles. The summed E-state index contributed by atoms with van der Waals surface area (Å²) in [6.45, 7) is 13.7. The van der Waals surface area contributed by atoms with Gasteiger partial charge < -0.3 is 49.4 Å². The van der Waals surface area contributed by atoms with E-state index in [0.29, 0.717) is 38.5 Å². The van der Waals surface area contributed by atoms with Crippen LogP contribution < -0.4 is 5.32 Å². The second-order valence-corrected chi connectivity index (χ2v) is 17.1. The SMILES string of the molecule is C=CC[C@H](/C=C(\C)C[C@H](C)C[C@H](OC)[C@H]1O[C@@](O)(C(=O)C(=O)O)[C@H](C)C[C@@H]1OC)C(=O)C[C@H](O)[C@@H](C)[C@H](OC(=O)[C@@H]1CCCCN1)/C(C)=C/[C@@H]1CC[C@@H](O)[C@H](OC)C1. The quantitative estimate of drug-likeness (QED) is 0.0581. The third-order valence-corrected chi connectivity index (χ3v) is 12.4. The first kappa shape index (κ1) is 49.5. The van der Waals surface area contributed by atoms with Crippen LogP contribution in [0.4, 0.5) is 0 Å². The molecule has 14 atom stereocenters. The molecule has 0 aromatic heterocycles. The van der Waals surface area contributed by atoms with Crippen LogP contribution in [0.15, 0.2) is 36.0 Å². The highest BCUT2D eigenvalue weighted by molar-refractivity contribution is 6.35. The van der Waals surface area contributed by atoms with E-state index in [-0.39, 0.29) is 42.5 Å². The van der Waals surface area contributed by atoms with Crippen LogP contribution in [0.3, 0.4) is 0 Å². The van der Waals surface area contributed by atoms with Crippen LogP contribution in [0.25, 0.3) is 0 Å². The fourth-order valence-corrected chi connectivity index (χ4v) is 8.93. The summed E-state index contributed by atoms with van der Waals surface area (Å²) in [4.78, 5) is 51.3. The highest BCUT2D eigenvalue weighted by atomic mass is 16.7. The Morgan fingerprint density at radius 2 is 1.69 bits per heavy atom. The van der Waals surface area contributed by atoms with Crippen LogP contribution in [0, 0.1) is 29.6 Å². The zero-order valence-electron chi connectivity index (χ0n) is 35.9. The monoisotopic (exact) mass is 821 g/mol. The average molecular weight is 822 g/mol. The number of allylic oxidation sites excluding steroid dienone is 4. The topological polar surface area (TPSA) is 207 Å². The van der Waals surface area contributed by atoms with Gasteiger partial charge in [-0.15, -0.1) is 6.58 Å². The van der Waals surface area contributed by atoms with Gasteiger partial charge in [-0.2, -0.15) is 0 Å². The number of carbonyl (C=O) groups excluding carboxylic acids is 3. The second kappa shape index (κ2) is 23.3. The molecule has 0 radical (unpaired) electrons. The number of hydrogen-bond donors (Lipinski definition) is 5. The van der Waals surface area contributed by atoms with E-state index in [1.54, 1.807) is 20.1 Å². The second-order valence-electron chi connectivity index (χ2n) is 17.1. The smallest absolute Gasteiger partial charge is 0.378 e. The molecule has 5 N–H and O–H groups in total. The van der Waals surface area contributed by atoms with Crippen molar-refractivity contribution in [2.75, 3.05) is 27.9 Å². The Balaban J connectivity index is 1.73. The number of rotatable bonds is 22. The van der Waals surface area contributed by atoms with Crippen molar-refractivity contribution in [1.82, 2.24) is 5.32 Å². The number of piperidine rings is 1. The van der Waals surface area contributed by atoms with E-state index in [4.69, 9.17) is 23.7 Å². The Kier molecular flexibility index (Phi) is 19.9. The number of ketones is 2. The molecule has 58 heavy (non-hydrogen) atoms. The summed E-state index contributed by atoms with van der Waals surface area (Å²) in [6.07, 6.45) is 6.58. The number of nitrogens with one attached hydrogen (secondary N) is 1. The largest absolute Gasteiger partial charge is 0.475 e. The Labute approximate surface area is 344 Å². The zero-order valence-corrected chi connectivity index (χ0v) is 35.9. The van der Waals surface area contributed by atoms with Gasteiger partial charge in [-0.1, -0.05) is 51.0 Å². The molecule has 3 aliphatic rings. The molecule has 3 fully saturated rings. The molecule has 14 nitrogen and oxygen atoms in total. The Hall–Kier alpha value is -2.82. The molecule has 1 aliphatic carbocycles. The van der Waals surface area contributed by atoms with Crippen LogP contribution in [0.2, 0.25) is 0 Å². The Bertz CT molecular complexity index is 1440. The van der Waals surface area contributed by atoms with Gasteiger partial charge in [0.15, 0.2) is 0 Å². The predicted octanol–water partition coefficient (Wildman–Crippen LogP) is 4.47. The summed E-state index contributed by atoms with van der Waals surface area (Å²) in [5.74, 6) is -8.28. The number of Topliss-reactive ketones (excluding diaryl/α,β-unsaturated/α-hetero) is 2. The molecule has 14 heteroatoms. The van der Waals surface area contributed by atoms with E-state index in [9.17, 15) is 39.6 Å². The van der Waals surface area contributed by atoms with Crippen LogP contribution in [-0.4, -0.2) is 126 Å². The first-order chi connectivity index (χ1) is 27.4. The van der Waals surface area contributed by atoms with E-state index < -0.39 is 78.0 Å². The molecule has 0 aromatic rings. The van der Waals surface area contributed by atoms with Crippen LogP contribution in [0.5, 0.6) is 0 Å². The number of aliphatic hydroxyl groups excluding tert-OH is 2. The Morgan fingerprint density at radius 3 is 2.28 bits per heavy atom. The van der Waals surface area contributed by atoms with Gasteiger partial charge >= 0.3 is 11.9 Å². The first-order valence-corrected chi connectivity index (χ1v) is 21.0. The number of methoxy groups -OCH3 is 3. The number of carboxylic acids is 1. The number of carbonyl (C=O) groups is 4. The van der Waals surface area contributed by atoms with Crippen LogP contribution >= 0.6 is 0 Å². The Morgan fingerprint density at radius 1 is 1.00 bits per heavy atom. The van der Waals surface area contributed by atoms with Gasteiger partial charge in [0.2, 0.25) is 5.79 Å². The van der Waals surface area contributed by atoms with E-state index >= 15 is 0 Å². The predicted molar refractivity (Wildman–Crippen MR) is 217 cm³/mol. The minimum Gasteiger partial charge on any atom is -0.475 e. The maximum atomic E-state index is 13.9. The summed E-state index contributed by atoms with van der Waals surface area (Å²) >= 11 is 0. The number of carboxylic acid groups (broad SMARTS) is 1. The van der Waals surface area contributed by atoms with Gasteiger partial charge in [0.1, 0.15) is 24.0 Å². The van der Waals surface area contributed by atoms with Gasteiger partial charge in [-0.25, -0.2) is 4.79 Å². The standard InChI is InChI=1S/C44H71NO13/c1-10-13-31(19-25(2)18-26(3)20-37(55-8)40-38(56-9)22-28(5)44(53,58-40)41(49)42(50)51)35(48)24-34(47)29(6)39(57-43(52)32-14-11-12-17-45-32)27(4)21-30-15-16-33(46)36(23-30)54-7/h10,19,21,26,28-34,36-40,45-47,53H,1,11-18,20,22-24H2,2-9H3,(H,50,51)/b25-19+,27-21+/t26-,28+,29+,30-,31+,32-,33+,34-,36+,37-,38-,39+,40+,44+/m0/s1. The van der Waals surface area contributed by atoms with Crippen molar-refractivity contribution in [3.63, 3.8) is 0 Å². The van der Waals surface area contributed by atoms with E-state index in [2.05, 4.69) is 18.0 Å². The van der Waals surface area contributed by atoms with Crippen molar-refractivity contribution in [2.45, 2.75) is 160 Å². The molecule has 0 amide bonds. The van der Waals surface area contributed by atoms with Gasteiger partial charge in [-0.3, -0.25) is 14.4 Å². The number of aliphatic hydroxyl groups is 3. The van der Waals surface area contributed by atoms with Crippen molar-refractivity contribution >= 4 is 23.5 Å². The van der Waals surface area contributed by atoms with E-state index in [1.165, 1.54) is 21.1 Å². The van der Waals surface area contributed by atoms with Crippen molar-refractivity contribution in [3.05, 3.63) is 36.0 Å². The molecule has 0 aromatic carbocycles. The lowest BCUT2D eigenvalue weighted by molar-refractivity contribution is -0.302. The normalized spacial score (nSPS) is 31.6. The fraction of sp³-hybridized carbons (Fsp3) is 0.773. The summed E-state index contributed by atoms with van der Waals surface area (Å²) < 4.78 is 28.9. The third-order valence-electron chi connectivity index (χ3n) is 12.4. The van der Waals surface area contributed by atoms with Crippen molar-refractivity contribution in [2.24, 2.45) is 29.6 Å². The molecule has 3 rings (SSSR count). The van der Waals surface area contributed by atoms with Crippen molar-refractivity contribution < 1.29 is 63.3 Å². The molecule has 0 spiro atoms. The molecule has 2 saturated heterocycles. The summed E-state index contributed by atoms with van der Waals surface area (Å²) in [5.41, 5.74) is 1.70. The van der Waals surface area contributed by atoms with Crippen molar-refractivity contribution in [3.8, 4) is 0 Å². The number of esters is 1. The van der Waals surface area contributed by atoms with Gasteiger partial charge in [-0.05, 0) is 95.6 Å². The van der Waals surface area contributed by atoms with Gasteiger partial charge in [0, 0.05) is 45.5 Å². The van der Waals surface area contributed by atoms with Crippen LogP contribution in [-0.2, 0) is 42.9 Å². The molecule has 330 valence electrons. The molecular formula is C44H71NO13.